The van der Waals surface area contributed by atoms with Crippen molar-refractivity contribution < 1.29 is 27.4 Å². The molecule has 0 spiro atoms. The first kappa shape index (κ1) is 24.7. The van der Waals surface area contributed by atoms with E-state index in [1.807, 2.05) is 24.3 Å². The van der Waals surface area contributed by atoms with Gasteiger partial charge in [-0.2, -0.15) is 0 Å². The summed E-state index contributed by atoms with van der Waals surface area (Å²) in [6.07, 6.45) is 1.74. The van der Waals surface area contributed by atoms with Crippen molar-refractivity contribution in [3.05, 3.63) is 48.0 Å². The van der Waals surface area contributed by atoms with Gasteiger partial charge in [0, 0.05) is 19.0 Å². The van der Waals surface area contributed by atoms with E-state index in [1.54, 1.807) is 18.2 Å². The number of benzene rings is 2. The second-order valence-electron chi connectivity index (χ2n) is 8.16. The molecule has 1 aliphatic heterocycles. The summed E-state index contributed by atoms with van der Waals surface area (Å²) in [6.45, 7) is 6.02. The van der Waals surface area contributed by atoms with Gasteiger partial charge >= 0.3 is 0 Å². The van der Waals surface area contributed by atoms with Gasteiger partial charge in [-0.1, -0.05) is 32.0 Å². The number of nitrogens with zero attached hydrogens (tertiary/aromatic N) is 1. The highest BCUT2D eigenvalue weighted by molar-refractivity contribution is 7.92. The Hall–Kier alpha value is -2.94. The first-order valence-electron chi connectivity index (χ1n) is 11.1. The minimum atomic E-state index is -3.52. The number of rotatable bonds is 11. The number of para-hydroxylation sites is 1. The molecule has 0 saturated carbocycles. The van der Waals surface area contributed by atoms with Crippen molar-refractivity contribution in [1.82, 2.24) is 5.32 Å². The smallest absolute Gasteiger partial charge is 0.232 e. The molecule has 1 amide bonds. The van der Waals surface area contributed by atoms with Gasteiger partial charge in [-0.3, -0.25) is 9.10 Å². The molecule has 8 nitrogen and oxygen atoms in total. The third-order valence-corrected chi connectivity index (χ3v) is 6.40. The third-order valence-electron chi connectivity index (χ3n) is 5.20. The number of hydrogen-bond acceptors (Lipinski definition) is 6. The largest absolute Gasteiger partial charge is 0.491 e. The summed E-state index contributed by atoms with van der Waals surface area (Å²) in [6, 6.07) is 12.9. The minimum absolute atomic E-state index is 0.147. The van der Waals surface area contributed by atoms with E-state index in [0.717, 1.165) is 17.6 Å². The van der Waals surface area contributed by atoms with E-state index in [2.05, 4.69) is 19.2 Å². The van der Waals surface area contributed by atoms with Crippen molar-refractivity contribution in [1.29, 1.82) is 0 Å². The lowest BCUT2D eigenvalue weighted by atomic mass is 10.0. The second-order valence-corrected chi connectivity index (χ2v) is 10.1. The molecule has 0 unspecified atom stereocenters. The number of anilines is 1. The fourth-order valence-corrected chi connectivity index (χ4v) is 4.54. The zero-order chi connectivity index (χ0) is 23.8. The Morgan fingerprint density at radius 1 is 1.12 bits per heavy atom. The quantitative estimate of drug-likeness (QED) is 0.500. The zero-order valence-corrected chi connectivity index (χ0v) is 20.2. The number of fused-ring (bicyclic) bond motifs is 1. The highest BCUT2D eigenvalue weighted by Crippen LogP contribution is 2.34. The molecule has 1 aliphatic rings. The Morgan fingerprint density at radius 2 is 1.85 bits per heavy atom. The van der Waals surface area contributed by atoms with Crippen LogP contribution in [0.3, 0.4) is 0 Å². The highest BCUT2D eigenvalue weighted by Gasteiger charge is 2.21. The summed E-state index contributed by atoms with van der Waals surface area (Å²) in [7, 11) is -3.52. The van der Waals surface area contributed by atoms with Gasteiger partial charge in [0.05, 0.1) is 18.5 Å². The van der Waals surface area contributed by atoms with E-state index < -0.39 is 10.0 Å². The van der Waals surface area contributed by atoms with Gasteiger partial charge in [-0.25, -0.2) is 8.42 Å². The Labute approximate surface area is 195 Å². The molecule has 2 aromatic rings. The summed E-state index contributed by atoms with van der Waals surface area (Å²) in [5.74, 6) is 2.14. The molecular formula is C24H32N2O6S. The highest BCUT2D eigenvalue weighted by atomic mass is 32.2. The molecule has 0 radical (unpaired) electrons. The standard InChI is InChI=1S/C24H32N2O6S/c1-18(2)20-7-4-5-8-21(20)30-14-12-25-24(27)9-6-13-26(33(3,28)29)19-10-11-22-23(17-19)32-16-15-31-22/h4-5,7-8,10-11,17-18H,6,9,12-16H2,1-3H3,(H,25,27). The van der Waals surface area contributed by atoms with Gasteiger partial charge in [0.15, 0.2) is 11.5 Å². The Kier molecular flexibility index (Phi) is 8.43. The van der Waals surface area contributed by atoms with Gasteiger partial charge in [0.2, 0.25) is 15.9 Å². The monoisotopic (exact) mass is 476 g/mol. The predicted octanol–water partition coefficient (Wildman–Crippen LogP) is 3.32. The number of nitrogens with one attached hydrogen (secondary N) is 1. The van der Waals surface area contributed by atoms with E-state index in [1.165, 1.54) is 4.31 Å². The summed E-state index contributed by atoms with van der Waals surface area (Å²) in [5.41, 5.74) is 1.61. The fraction of sp³-hybridized carbons (Fsp3) is 0.458. The molecule has 1 N–H and O–H groups in total. The van der Waals surface area contributed by atoms with Crippen LogP contribution in [0.4, 0.5) is 5.69 Å². The number of carbonyl (C=O) groups is 1. The van der Waals surface area contributed by atoms with Gasteiger partial charge < -0.3 is 19.5 Å². The average molecular weight is 477 g/mol. The number of sulfonamides is 1. The van der Waals surface area contributed by atoms with Gasteiger partial charge in [-0.05, 0) is 36.1 Å². The normalized spacial score (nSPS) is 13.0. The third kappa shape index (κ3) is 7.02. The topological polar surface area (TPSA) is 94.2 Å². The van der Waals surface area contributed by atoms with Crippen LogP contribution in [0, 0.1) is 0 Å². The van der Waals surface area contributed by atoms with Crippen molar-refractivity contribution in [2.24, 2.45) is 0 Å². The molecule has 0 saturated heterocycles. The molecule has 3 rings (SSSR count). The fourth-order valence-electron chi connectivity index (χ4n) is 3.59. The zero-order valence-electron chi connectivity index (χ0n) is 19.4. The first-order valence-corrected chi connectivity index (χ1v) is 13.0. The van der Waals surface area contributed by atoms with Crippen LogP contribution in [0.15, 0.2) is 42.5 Å². The van der Waals surface area contributed by atoms with Crippen molar-refractivity contribution in [3.8, 4) is 17.2 Å². The van der Waals surface area contributed by atoms with Crippen LogP contribution in [0.5, 0.6) is 17.2 Å². The van der Waals surface area contributed by atoms with Crippen LogP contribution in [-0.4, -0.2) is 53.5 Å². The number of carbonyl (C=O) groups excluding carboxylic acids is 1. The maximum atomic E-state index is 12.3. The van der Waals surface area contributed by atoms with Crippen LogP contribution in [0.25, 0.3) is 0 Å². The lowest BCUT2D eigenvalue weighted by Gasteiger charge is -2.25. The molecule has 0 aromatic heterocycles. The number of ether oxygens (including phenoxy) is 3. The van der Waals surface area contributed by atoms with E-state index >= 15 is 0 Å². The van der Waals surface area contributed by atoms with Crippen LogP contribution in [0.2, 0.25) is 0 Å². The Morgan fingerprint density at radius 3 is 2.58 bits per heavy atom. The molecule has 2 aromatic carbocycles. The predicted molar refractivity (Wildman–Crippen MR) is 128 cm³/mol. The SMILES string of the molecule is CC(C)c1ccccc1OCCNC(=O)CCCN(c1ccc2c(c1)OCCO2)S(C)(=O)=O. The van der Waals surface area contributed by atoms with Gasteiger partial charge in [0.1, 0.15) is 25.6 Å². The molecule has 0 atom stereocenters. The van der Waals surface area contributed by atoms with Crippen molar-refractivity contribution in [2.45, 2.75) is 32.6 Å². The van der Waals surface area contributed by atoms with E-state index in [4.69, 9.17) is 14.2 Å². The van der Waals surface area contributed by atoms with Crippen LogP contribution < -0.4 is 23.8 Å². The van der Waals surface area contributed by atoms with Crippen molar-refractivity contribution in [2.75, 3.05) is 43.5 Å². The first-order chi connectivity index (χ1) is 15.8. The Bertz CT molecular complexity index is 1050. The molecule has 1 heterocycles. The van der Waals surface area contributed by atoms with Crippen molar-refractivity contribution in [3.63, 3.8) is 0 Å². The summed E-state index contributed by atoms with van der Waals surface area (Å²) in [5, 5.41) is 2.83. The summed E-state index contributed by atoms with van der Waals surface area (Å²) in [4.78, 5) is 12.2. The molecule has 0 bridgehead atoms. The lowest BCUT2D eigenvalue weighted by molar-refractivity contribution is -0.121. The second kappa shape index (κ2) is 11.3. The van der Waals surface area contributed by atoms with E-state index in [0.29, 0.717) is 55.9 Å². The lowest BCUT2D eigenvalue weighted by Crippen LogP contribution is -2.33. The van der Waals surface area contributed by atoms with Gasteiger partial charge in [0.25, 0.3) is 0 Å². The molecular weight excluding hydrogens is 444 g/mol. The number of amides is 1. The van der Waals surface area contributed by atoms with Crippen LogP contribution in [0.1, 0.15) is 38.2 Å². The average Bonchev–Trinajstić information content (AvgIpc) is 2.78. The maximum absolute atomic E-state index is 12.3. The van der Waals surface area contributed by atoms with E-state index in [-0.39, 0.29) is 18.9 Å². The molecule has 33 heavy (non-hydrogen) atoms. The van der Waals surface area contributed by atoms with Crippen LogP contribution in [-0.2, 0) is 14.8 Å². The molecule has 0 fully saturated rings. The maximum Gasteiger partial charge on any atom is 0.232 e. The van der Waals surface area contributed by atoms with Gasteiger partial charge in [-0.15, -0.1) is 0 Å². The van der Waals surface area contributed by atoms with Crippen molar-refractivity contribution >= 4 is 21.6 Å². The van der Waals surface area contributed by atoms with E-state index in [9.17, 15) is 13.2 Å². The minimum Gasteiger partial charge on any atom is -0.491 e. The summed E-state index contributed by atoms with van der Waals surface area (Å²) >= 11 is 0. The molecule has 180 valence electrons. The molecule has 9 heteroatoms. The molecule has 0 aliphatic carbocycles. The summed E-state index contributed by atoms with van der Waals surface area (Å²) < 4.78 is 42.8. The van der Waals surface area contributed by atoms with Crippen LogP contribution >= 0.6 is 0 Å². The number of hydrogen-bond donors (Lipinski definition) is 1. The Balaban J connectivity index is 1.46.